The van der Waals surface area contributed by atoms with Gasteiger partial charge in [0.25, 0.3) is 0 Å². The highest BCUT2D eigenvalue weighted by Gasteiger charge is 2.51. The number of aliphatic hydroxyl groups is 8. The Labute approximate surface area is 518 Å². The van der Waals surface area contributed by atoms with E-state index < -0.39 is 86.8 Å². The second kappa shape index (κ2) is 56.0. The molecule has 0 aromatic carbocycles. The van der Waals surface area contributed by atoms with Crippen LogP contribution in [0.3, 0.4) is 0 Å². The zero-order valence-electron chi connectivity index (χ0n) is 54.1. The third-order valence-electron chi connectivity index (χ3n) is 17.3. The molecule has 0 aromatic heterocycles. The van der Waals surface area contributed by atoms with Crippen LogP contribution < -0.4 is 5.32 Å². The van der Waals surface area contributed by atoms with Gasteiger partial charge in [0.1, 0.15) is 48.8 Å². The number of hydrogen-bond acceptors (Lipinski definition) is 13. The number of nitrogens with one attached hydrogen (secondary N) is 1. The van der Waals surface area contributed by atoms with Crippen molar-refractivity contribution < 1.29 is 64.6 Å². The van der Waals surface area contributed by atoms with Crippen LogP contribution in [0.5, 0.6) is 0 Å². The highest BCUT2D eigenvalue weighted by Crippen LogP contribution is 2.30. The van der Waals surface area contributed by atoms with E-state index in [1.807, 2.05) is 6.08 Å². The first-order valence-corrected chi connectivity index (χ1v) is 35.4. The Bertz CT molecular complexity index is 1610. The molecule has 12 unspecified atom stereocenters. The molecule has 85 heavy (non-hydrogen) atoms. The van der Waals surface area contributed by atoms with Crippen molar-refractivity contribution in [1.29, 1.82) is 0 Å². The predicted molar refractivity (Wildman–Crippen MR) is 346 cm³/mol. The zero-order valence-corrected chi connectivity index (χ0v) is 54.1. The van der Waals surface area contributed by atoms with Gasteiger partial charge in [-0.05, 0) is 57.8 Å². The van der Waals surface area contributed by atoms with Gasteiger partial charge in [-0.15, -0.1) is 0 Å². The van der Waals surface area contributed by atoms with Crippen molar-refractivity contribution >= 4 is 5.91 Å². The Balaban J connectivity index is 1.68. The molecule has 0 radical (unpaired) electrons. The van der Waals surface area contributed by atoms with Crippen LogP contribution in [0.15, 0.2) is 48.6 Å². The number of ether oxygens (including phenoxy) is 4. The normalized spacial score (nSPS) is 23.8. The maximum absolute atomic E-state index is 13.3. The molecule has 14 nitrogen and oxygen atoms in total. The maximum atomic E-state index is 13.3. The van der Waals surface area contributed by atoms with Crippen LogP contribution in [0, 0.1) is 0 Å². The van der Waals surface area contributed by atoms with Crippen molar-refractivity contribution in [3.63, 3.8) is 0 Å². The molecule has 2 saturated heterocycles. The Morgan fingerprint density at radius 2 is 0.776 bits per heavy atom. The van der Waals surface area contributed by atoms with Crippen LogP contribution >= 0.6 is 0 Å². The topological polar surface area (TPSA) is 228 Å². The molecule has 0 saturated carbocycles. The van der Waals surface area contributed by atoms with Crippen LogP contribution in [0.1, 0.15) is 303 Å². The summed E-state index contributed by atoms with van der Waals surface area (Å²) >= 11 is 0. The summed E-state index contributed by atoms with van der Waals surface area (Å²) in [6, 6.07) is -0.925. The lowest BCUT2D eigenvalue weighted by Gasteiger charge is -2.46. The first kappa shape index (κ1) is 79.0. The minimum absolute atomic E-state index is 0.249. The fraction of sp³-hybridized carbons (Fsp3) is 0.873. The minimum Gasteiger partial charge on any atom is -0.394 e. The molecular formula is C71H131NO13. The fourth-order valence-electron chi connectivity index (χ4n) is 11.6. The fourth-order valence-corrected chi connectivity index (χ4v) is 11.6. The predicted octanol–water partition coefficient (Wildman–Crippen LogP) is 14.3. The monoisotopic (exact) mass is 1210 g/mol. The van der Waals surface area contributed by atoms with E-state index in [-0.39, 0.29) is 18.9 Å². The third kappa shape index (κ3) is 40.3. The van der Waals surface area contributed by atoms with Gasteiger partial charge in [0, 0.05) is 6.42 Å². The minimum atomic E-state index is -1.79. The van der Waals surface area contributed by atoms with Crippen molar-refractivity contribution in [3.05, 3.63) is 48.6 Å². The van der Waals surface area contributed by atoms with Gasteiger partial charge >= 0.3 is 0 Å². The summed E-state index contributed by atoms with van der Waals surface area (Å²) in [5, 5.41) is 87.4. The Kier molecular flexibility index (Phi) is 52.1. The summed E-state index contributed by atoms with van der Waals surface area (Å²) in [5.41, 5.74) is 0. The number of carbonyl (C=O) groups excluding carboxylic acids is 1. The molecule has 0 aromatic rings. The van der Waals surface area contributed by atoms with Crippen LogP contribution in [-0.2, 0) is 23.7 Å². The van der Waals surface area contributed by atoms with E-state index in [9.17, 15) is 45.6 Å². The summed E-state index contributed by atoms with van der Waals surface area (Å²) in [6.07, 6.45) is 55.9. The van der Waals surface area contributed by atoms with Crippen molar-refractivity contribution in [2.45, 2.75) is 376 Å². The Morgan fingerprint density at radius 3 is 1.19 bits per heavy atom. The lowest BCUT2D eigenvalue weighted by atomic mass is 9.97. The average Bonchev–Trinajstić information content (AvgIpc) is 3.69. The van der Waals surface area contributed by atoms with Crippen LogP contribution in [0.2, 0.25) is 0 Å². The van der Waals surface area contributed by atoms with Gasteiger partial charge in [-0.2, -0.15) is 0 Å². The molecule has 0 bridgehead atoms. The zero-order chi connectivity index (χ0) is 61.6. The van der Waals surface area contributed by atoms with E-state index >= 15 is 0 Å². The van der Waals surface area contributed by atoms with Gasteiger partial charge in [0.15, 0.2) is 12.6 Å². The summed E-state index contributed by atoms with van der Waals surface area (Å²) in [5.74, 6) is -0.249. The summed E-state index contributed by atoms with van der Waals surface area (Å²) in [7, 11) is 0. The summed E-state index contributed by atoms with van der Waals surface area (Å²) in [4.78, 5) is 13.3. The molecule has 1 amide bonds. The molecule has 2 rings (SSSR count). The lowest BCUT2D eigenvalue weighted by molar-refractivity contribution is -0.359. The Morgan fingerprint density at radius 1 is 0.424 bits per heavy atom. The second-order valence-electron chi connectivity index (χ2n) is 25.0. The second-order valence-corrected chi connectivity index (χ2v) is 25.0. The van der Waals surface area contributed by atoms with Crippen molar-refractivity contribution in [2.75, 3.05) is 19.8 Å². The van der Waals surface area contributed by atoms with Gasteiger partial charge in [0.2, 0.25) is 5.91 Å². The quantitative estimate of drug-likeness (QED) is 0.0204. The lowest BCUT2D eigenvalue weighted by Crippen LogP contribution is -2.65. The number of aliphatic hydroxyl groups excluding tert-OH is 8. The van der Waals surface area contributed by atoms with Gasteiger partial charge in [-0.1, -0.05) is 287 Å². The van der Waals surface area contributed by atoms with E-state index in [4.69, 9.17) is 18.9 Å². The van der Waals surface area contributed by atoms with E-state index in [2.05, 4.69) is 55.6 Å². The van der Waals surface area contributed by atoms with Crippen molar-refractivity contribution in [1.82, 2.24) is 5.32 Å². The van der Waals surface area contributed by atoms with Crippen molar-refractivity contribution in [3.8, 4) is 0 Å². The molecule has 0 spiro atoms. The number of carbonyl (C=O) groups is 1. The molecule has 2 aliphatic rings. The number of hydrogen-bond donors (Lipinski definition) is 9. The SMILES string of the molecule is CCCCCCC/C=C\C/C=C\C/C=C\CCCCCCCCC(=O)NC(COC1OC(CO)C(OC2OC(CO)C(O)C(O)C2O)C(O)C1O)C(O)/C=C/CCCCCCCCCCCCCCCCCCCCCCCCCCCCCC. The van der Waals surface area contributed by atoms with Crippen LogP contribution in [0.25, 0.3) is 0 Å². The molecule has 0 aliphatic carbocycles. The third-order valence-corrected chi connectivity index (χ3v) is 17.3. The molecule has 2 fully saturated rings. The molecule has 12 atom stereocenters. The van der Waals surface area contributed by atoms with Crippen molar-refractivity contribution in [2.24, 2.45) is 0 Å². The molecular weight excluding hydrogens is 1070 g/mol. The number of rotatable bonds is 58. The van der Waals surface area contributed by atoms with Gasteiger partial charge in [0.05, 0.1) is 32.0 Å². The summed E-state index contributed by atoms with van der Waals surface area (Å²) < 4.78 is 22.8. The van der Waals surface area contributed by atoms with Gasteiger partial charge < -0.3 is 65.1 Å². The van der Waals surface area contributed by atoms with Gasteiger partial charge in [-0.3, -0.25) is 4.79 Å². The number of unbranched alkanes of at least 4 members (excludes halogenated alkanes) is 39. The van der Waals surface area contributed by atoms with E-state index in [1.54, 1.807) is 6.08 Å². The maximum Gasteiger partial charge on any atom is 0.220 e. The first-order chi connectivity index (χ1) is 41.6. The molecule has 2 aliphatic heterocycles. The molecule has 2 heterocycles. The van der Waals surface area contributed by atoms with E-state index in [1.165, 1.54) is 205 Å². The standard InChI is InChI=1S/C71H131NO13/c1-3-5-7-9-11-13-15-17-19-21-23-25-26-27-28-29-30-31-32-33-35-36-38-40-42-44-46-48-50-52-54-60(75)59(58-82-70-68(81)66(79)69(62(57-74)84-70)85-71-67(80)65(78)64(77)61(56-73)83-71)72-63(76)55-53-51-49-47-45-43-41-39-37-34-24-22-20-18-16-14-12-10-8-6-4-2/h16,18,22,24,37,39,52,54,59-62,64-71,73-75,77-81H,3-15,17,19-21,23,25-36,38,40-51,53,55-58H2,1-2H3,(H,72,76)/b18-16-,24-22-,39-37-,54-52+. The molecule has 14 heteroatoms. The molecule has 9 N–H and O–H groups in total. The largest absolute Gasteiger partial charge is 0.394 e. The van der Waals surface area contributed by atoms with Gasteiger partial charge in [-0.25, -0.2) is 0 Å². The average molecular weight is 1210 g/mol. The summed E-state index contributed by atoms with van der Waals surface area (Å²) in [6.45, 7) is 2.81. The van der Waals surface area contributed by atoms with E-state index in [0.717, 1.165) is 70.6 Å². The highest BCUT2D eigenvalue weighted by molar-refractivity contribution is 5.76. The smallest absolute Gasteiger partial charge is 0.220 e. The van der Waals surface area contributed by atoms with E-state index in [0.29, 0.717) is 6.42 Å². The molecule has 498 valence electrons. The Hall–Kier alpha value is -2.05. The van der Waals surface area contributed by atoms with Crippen LogP contribution in [0.4, 0.5) is 0 Å². The highest BCUT2D eigenvalue weighted by atomic mass is 16.7. The first-order valence-electron chi connectivity index (χ1n) is 35.4. The van der Waals surface area contributed by atoms with Crippen LogP contribution in [-0.4, -0.2) is 140 Å². The number of allylic oxidation sites excluding steroid dienone is 7. The number of amides is 1.